The summed E-state index contributed by atoms with van der Waals surface area (Å²) in [6.45, 7) is 0. The van der Waals surface area contributed by atoms with E-state index in [9.17, 15) is 13.6 Å². The Hall–Kier alpha value is -2.11. The van der Waals surface area contributed by atoms with Crippen molar-refractivity contribution in [2.75, 3.05) is 0 Å². The number of hydrogen-bond acceptors (Lipinski definition) is 3. The zero-order valence-corrected chi connectivity index (χ0v) is 12.4. The average molecular weight is 334 g/mol. The SMILES string of the molecule is O=c1c2cc(F)ccc2sc2c(Cl)nc3ccc(F)cc3c12. The van der Waals surface area contributed by atoms with Gasteiger partial charge >= 0.3 is 0 Å². The fourth-order valence-electron chi connectivity index (χ4n) is 2.52. The Morgan fingerprint density at radius 3 is 2.45 bits per heavy atom. The molecular weight excluding hydrogens is 328 g/mol. The molecule has 0 bridgehead atoms. The van der Waals surface area contributed by atoms with Crippen LogP contribution in [-0.4, -0.2) is 4.98 Å². The minimum atomic E-state index is -0.494. The maximum Gasteiger partial charge on any atom is 0.196 e. The van der Waals surface area contributed by atoms with Crippen molar-refractivity contribution >= 4 is 54.0 Å². The van der Waals surface area contributed by atoms with E-state index < -0.39 is 11.6 Å². The number of nitrogens with zero attached hydrogens (tertiary/aromatic N) is 1. The molecule has 0 unspecified atom stereocenters. The second-order valence-electron chi connectivity index (χ2n) is 4.84. The molecule has 0 spiro atoms. The predicted molar refractivity (Wildman–Crippen MR) is 85.8 cm³/mol. The zero-order valence-electron chi connectivity index (χ0n) is 10.9. The third kappa shape index (κ3) is 1.90. The highest BCUT2D eigenvalue weighted by Crippen LogP contribution is 2.33. The summed E-state index contributed by atoms with van der Waals surface area (Å²) in [5, 5.41) is 1.09. The molecule has 4 rings (SSSR count). The molecule has 0 aliphatic carbocycles. The number of halogens is 3. The molecular formula is C16H6ClF2NOS. The van der Waals surface area contributed by atoms with Crippen LogP contribution in [0.5, 0.6) is 0 Å². The van der Waals surface area contributed by atoms with Crippen LogP contribution >= 0.6 is 22.9 Å². The van der Waals surface area contributed by atoms with Gasteiger partial charge in [-0.2, -0.15) is 0 Å². The molecule has 2 aromatic heterocycles. The van der Waals surface area contributed by atoms with Crippen molar-refractivity contribution in [3.05, 3.63) is 63.4 Å². The highest BCUT2D eigenvalue weighted by molar-refractivity contribution is 7.25. The highest BCUT2D eigenvalue weighted by Gasteiger charge is 2.15. The molecule has 6 heteroatoms. The number of benzene rings is 2. The van der Waals surface area contributed by atoms with Crippen molar-refractivity contribution in [3.8, 4) is 0 Å². The Kier molecular flexibility index (Phi) is 2.89. The minimum absolute atomic E-state index is 0.183. The molecule has 0 radical (unpaired) electrons. The van der Waals surface area contributed by atoms with E-state index >= 15 is 0 Å². The van der Waals surface area contributed by atoms with Gasteiger partial charge in [-0.25, -0.2) is 13.8 Å². The van der Waals surface area contributed by atoms with Gasteiger partial charge in [-0.3, -0.25) is 4.79 Å². The largest absolute Gasteiger partial charge is 0.288 e. The maximum atomic E-state index is 13.6. The van der Waals surface area contributed by atoms with Crippen LogP contribution in [0.3, 0.4) is 0 Å². The average Bonchev–Trinajstić information content (AvgIpc) is 2.49. The fourth-order valence-corrected chi connectivity index (χ4v) is 3.87. The van der Waals surface area contributed by atoms with Crippen molar-refractivity contribution in [1.29, 1.82) is 0 Å². The van der Waals surface area contributed by atoms with Crippen LogP contribution in [-0.2, 0) is 0 Å². The Morgan fingerprint density at radius 1 is 1.00 bits per heavy atom. The van der Waals surface area contributed by atoms with Gasteiger partial charge in [-0.05, 0) is 36.4 Å². The molecule has 0 saturated carbocycles. The summed E-state index contributed by atoms with van der Waals surface area (Å²) in [7, 11) is 0. The summed E-state index contributed by atoms with van der Waals surface area (Å²) in [6.07, 6.45) is 0. The molecule has 0 saturated heterocycles. The lowest BCUT2D eigenvalue weighted by atomic mass is 10.1. The fraction of sp³-hybridized carbons (Fsp3) is 0. The smallest absolute Gasteiger partial charge is 0.196 e. The number of hydrogen-bond donors (Lipinski definition) is 0. The Labute approximate surface area is 131 Å². The van der Waals surface area contributed by atoms with Gasteiger partial charge in [-0.15, -0.1) is 11.3 Å². The molecule has 22 heavy (non-hydrogen) atoms. The van der Waals surface area contributed by atoms with E-state index in [2.05, 4.69) is 4.98 Å². The van der Waals surface area contributed by atoms with Gasteiger partial charge in [0.2, 0.25) is 0 Å². The summed E-state index contributed by atoms with van der Waals surface area (Å²) < 4.78 is 28.1. The first-order chi connectivity index (χ1) is 10.5. The van der Waals surface area contributed by atoms with Crippen molar-refractivity contribution in [1.82, 2.24) is 4.98 Å². The zero-order chi connectivity index (χ0) is 15.4. The van der Waals surface area contributed by atoms with Gasteiger partial charge in [0.1, 0.15) is 16.8 Å². The summed E-state index contributed by atoms with van der Waals surface area (Å²) >= 11 is 7.41. The van der Waals surface area contributed by atoms with Gasteiger partial charge in [0, 0.05) is 15.5 Å². The van der Waals surface area contributed by atoms with Crippen LogP contribution in [0.25, 0.3) is 31.1 Å². The van der Waals surface area contributed by atoms with Crippen LogP contribution in [0.15, 0.2) is 41.2 Å². The third-order valence-corrected chi connectivity index (χ3v) is 5.05. The van der Waals surface area contributed by atoms with E-state index in [-0.39, 0.29) is 21.4 Å². The highest BCUT2D eigenvalue weighted by atomic mass is 35.5. The molecule has 0 fully saturated rings. The first kappa shape index (κ1) is 13.5. The quantitative estimate of drug-likeness (QED) is 0.260. The second-order valence-corrected chi connectivity index (χ2v) is 6.25. The third-order valence-electron chi connectivity index (χ3n) is 3.49. The molecule has 2 nitrogen and oxygen atoms in total. The van der Waals surface area contributed by atoms with Gasteiger partial charge < -0.3 is 0 Å². The van der Waals surface area contributed by atoms with E-state index in [1.165, 1.54) is 47.7 Å². The van der Waals surface area contributed by atoms with Crippen molar-refractivity contribution in [3.63, 3.8) is 0 Å². The molecule has 2 aromatic carbocycles. The lowest BCUT2D eigenvalue weighted by molar-refractivity contribution is 0.629. The topological polar surface area (TPSA) is 30.0 Å². The number of rotatable bonds is 0. The predicted octanol–water partition coefficient (Wildman–Crippen LogP) is 4.89. The molecule has 0 atom stereocenters. The molecule has 0 amide bonds. The van der Waals surface area contributed by atoms with Crippen LogP contribution in [0.4, 0.5) is 8.78 Å². The van der Waals surface area contributed by atoms with Crippen molar-refractivity contribution in [2.45, 2.75) is 0 Å². The molecule has 108 valence electrons. The molecule has 0 N–H and O–H groups in total. The summed E-state index contributed by atoms with van der Waals surface area (Å²) in [5.74, 6) is -0.964. The second kappa shape index (κ2) is 4.69. The number of aromatic nitrogens is 1. The van der Waals surface area contributed by atoms with E-state index in [1.807, 2.05) is 0 Å². The summed E-state index contributed by atoms with van der Waals surface area (Å²) in [4.78, 5) is 17.0. The normalized spacial score (nSPS) is 11.6. The maximum absolute atomic E-state index is 13.6. The summed E-state index contributed by atoms with van der Waals surface area (Å²) in [5.41, 5.74) is 0.0575. The van der Waals surface area contributed by atoms with E-state index in [4.69, 9.17) is 11.6 Å². The Bertz CT molecular complexity index is 1140. The molecule has 0 aliphatic rings. The monoisotopic (exact) mass is 333 g/mol. The van der Waals surface area contributed by atoms with Gasteiger partial charge in [0.25, 0.3) is 0 Å². The Morgan fingerprint density at radius 2 is 1.68 bits per heavy atom. The number of fused-ring (bicyclic) bond motifs is 4. The standard InChI is InChI=1S/C16H6ClF2NOS/c17-16-15-13(9-5-7(18)1-3-11(9)20-16)14(21)10-6-8(19)2-4-12(10)22-15/h1-6H. The van der Waals surface area contributed by atoms with E-state index in [1.54, 1.807) is 0 Å². The van der Waals surface area contributed by atoms with Crippen molar-refractivity contribution in [2.24, 2.45) is 0 Å². The van der Waals surface area contributed by atoms with Crippen LogP contribution in [0, 0.1) is 11.6 Å². The first-order valence-electron chi connectivity index (χ1n) is 6.35. The van der Waals surface area contributed by atoms with Gasteiger partial charge in [0.15, 0.2) is 5.43 Å². The van der Waals surface area contributed by atoms with Crippen LogP contribution in [0.2, 0.25) is 5.15 Å². The lowest BCUT2D eigenvalue weighted by Crippen LogP contribution is -2.03. The molecule has 0 aliphatic heterocycles. The summed E-state index contributed by atoms with van der Waals surface area (Å²) in [6, 6.07) is 7.98. The van der Waals surface area contributed by atoms with Crippen LogP contribution in [0.1, 0.15) is 0 Å². The number of pyridine rings is 1. The Balaban J connectivity index is 2.36. The van der Waals surface area contributed by atoms with Gasteiger partial charge in [-0.1, -0.05) is 11.6 Å². The molecule has 2 heterocycles. The van der Waals surface area contributed by atoms with Crippen LogP contribution < -0.4 is 5.43 Å². The van der Waals surface area contributed by atoms with Crippen molar-refractivity contribution < 1.29 is 8.78 Å². The minimum Gasteiger partial charge on any atom is -0.288 e. The van der Waals surface area contributed by atoms with Gasteiger partial charge in [0.05, 0.1) is 15.6 Å². The lowest BCUT2D eigenvalue weighted by Gasteiger charge is -2.06. The first-order valence-corrected chi connectivity index (χ1v) is 7.55. The van der Waals surface area contributed by atoms with E-state index in [0.717, 1.165) is 0 Å². The molecule has 4 aromatic rings. The van der Waals surface area contributed by atoms with E-state index in [0.29, 0.717) is 20.3 Å².